The van der Waals surface area contributed by atoms with Gasteiger partial charge in [-0.1, -0.05) is 29.3 Å². The molecule has 0 atom stereocenters. The summed E-state index contributed by atoms with van der Waals surface area (Å²) in [5.74, 6) is 0.247. The van der Waals surface area contributed by atoms with Crippen molar-refractivity contribution in [2.75, 3.05) is 0 Å². The highest BCUT2D eigenvalue weighted by Gasteiger charge is 2.12. The number of hydrogen-bond acceptors (Lipinski definition) is 2. The summed E-state index contributed by atoms with van der Waals surface area (Å²) in [6, 6.07) is 7.65. The number of nitrogens with two attached hydrogens (primary N) is 1. The van der Waals surface area contributed by atoms with Crippen molar-refractivity contribution in [1.29, 1.82) is 0 Å². The van der Waals surface area contributed by atoms with Crippen molar-refractivity contribution in [2.24, 2.45) is 5.73 Å². The Morgan fingerprint density at radius 2 is 1.89 bits per heavy atom. The Labute approximate surface area is 128 Å². The van der Waals surface area contributed by atoms with Crippen LogP contribution in [0.5, 0.6) is 11.5 Å². The van der Waals surface area contributed by atoms with Crippen LogP contribution in [-0.2, 0) is 6.54 Å². The maximum atomic E-state index is 13.6. The van der Waals surface area contributed by atoms with Crippen LogP contribution in [0.3, 0.4) is 0 Å². The van der Waals surface area contributed by atoms with Gasteiger partial charge in [0.2, 0.25) is 0 Å². The molecule has 0 aliphatic heterocycles. The number of hydrogen-bond donors (Lipinski definition) is 1. The van der Waals surface area contributed by atoms with Crippen molar-refractivity contribution in [3.8, 4) is 11.5 Å². The van der Waals surface area contributed by atoms with Crippen molar-refractivity contribution < 1.29 is 9.13 Å². The normalized spacial score (nSPS) is 10.6. The van der Waals surface area contributed by atoms with Crippen LogP contribution in [-0.4, -0.2) is 0 Å². The fraction of sp³-hybridized carbons (Fsp3) is 0.0769. The van der Waals surface area contributed by atoms with Gasteiger partial charge in [-0.2, -0.15) is 0 Å². The predicted octanol–water partition coefficient (Wildman–Crippen LogP) is 5.15. The minimum Gasteiger partial charge on any atom is -0.455 e. The zero-order valence-corrected chi connectivity index (χ0v) is 12.7. The third-order valence-electron chi connectivity index (χ3n) is 2.47. The van der Waals surface area contributed by atoms with Gasteiger partial charge in [0.25, 0.3) is 0 Å². The summed E-state index contributed by atoms with van der Waals surface area (Å²) in [7, 11) is 0. The van der Waals surface area contributed by atoms with E-state index in [0.717, 1.165) is 0 Å². The molecule has 2 aromatic carbocycles. The summed E-state index contributed by atoms with van der Waals surface area (Å²) in [4.78, 5) is 0. The molecule has 19 heavy (non-hydrogen) atoms. The van der Waals surface area contributed by atoms with E-state index < -0.39 is 5.82 Å². The van der Waals surface area contributed by atoms with E-state index in [2.05, 4.69) is 15.9 Å². The van der Waals surface area contributed by atoms with Gasteiger partial charge in [0, 0.05) is 22.6 Å². The molecule has 0 saturated carbocycles. The molecule has 2 aromatic rings. The Balaban J connectivity index is 2.42. The number of benzene rings is 2. The molecule has 0 spiro atoms. The van der Waals surface area contributed by atoms with Gasteiger partial charge < -0.3 is 10.5 Å². The first-order valence-corrected chi connectivity index (χ1v) is 6.87. The van der Waals surface area contributed by atoms with Crippen LogP contribution < -0.4 is 10.5 Å². The summed E-state index contributed by atoms with van der Waals surface area (Å²) in [5, 5.41) is 0.814. The van der Waals surface area contributed by atoms with E-state index in [9.17, 15) is 4.39 Å². The second-order valence-corrected chi connectivity index (χ2v) is 5.39. The van der Waals surface area contributed by atoms with Gasteiger partial charge >= 0.3 is 0 Å². The summed E-state index contributed by atoms with van der Waals surface area (Å²) in [6.45, 7) is 0.0316. The summed E-state index contributed by atoms with van der Waals surface area (Å²) >= 11 is 15.3. The van der Waals surface area contributed by atoms with Gasteiger partial charge in [-0.15, -0.1) is 0 Å². The van der Waals surface area contributed by atoms with E-state index in [1.807, 2.05) is 0 Å². The Bertz CT molecular complexity index is 622. The van der Waals surface area contributed by atoms with Crippen molar-refractivity contribution in [2.45, 2.75) is 6.54 Å². The van der Waals surface area contributed by atoms with Crippen LogP contribution in [0, 0.1) is 5.82 Å². The van der Waals surface area contributed by atoms with Crippen LogP contribution in [0.4, 0.5) is 4.39 Å². The molecule has 0 heterocycles. The van der Waals surface area contributed by atoms with Crippen molar-refractivity contribution >= 4 is 39.1 Å². The van der Waals surface area contributed by atoms with E-state index in [0.29, 0.717) is 26.0 Å². The lowest BCUT2D eigenvalue weighted by atomic mass is 10.2. The van der Waals surface area contributed by atoms with Gasteiger partial charge in [-0.3, -0.25) is 0 Å². The monoisotopic (exact) mass is 363 g/mol. The Kier molecular flexibility index (Phi) is 4.68. The first kappa shape index (κ1) is 14.6. The van der Waals surface area contributed by atoms with Crippen LogP contribution in [0.1, 0.15) is 5.56 Å². The summed E-state index contributed by atoms with van der Waals surface area (Å²) in [5.41, 5.74) is 5.80. The molecule has 0 bridgehead atoms. The molecular formula is C13H9BrCl2FNO. The Morgan fingerprint density at radius 1 is 1.16 bits per heavy atom. The molecule has 100 valence electrons. The van der Waals surface area contributed by atoms with E-state index >= 15 is 0 Å². The lowest BCUT2D eigenvalue weighted by Crippen LogP contribution is -2.02. The van der Waals surface area contributed by atoms with Crippen LogP contribution >= 0.6 is 39.1 Å². The van der Waals surface area contributed by atoms with E-state index in [4.69, 9.17) is 33.7 Å². The van der Waals surface area contributed by atoms with Crippen molar-refractivity contribution in [3.63, 3.8) is 0 Å². The fourth-order valence-electron chi connectivity index (χ4n) is 1.53. The standard InChI is InChI=1S/C13H9BrCl2FNO/c14-8-4-10(16)13(5-9(8)15)19-12-3-1-2-11(17)7(12)6-18/h1-5H,6,18H2. The zero-order valence-electron chi connectivity index (χ0n) is 9.59. The Morgan fingerprint density at radius 3 is 2.58 bits per heavy atom. The molecule has 6 heteroatoms. The smallest absolute Gasteiger partial charge is 0.147 e. The lowest BCUT2D eigenvalue weighted by molar-refractivity contribution is 0.467. The molecule has 2 rings (SSSR count). The average molecular weight is 365 g/mol. The van der Waals surface area contributed by atoms with Crippen LogP contribution in [0.15, 0.2) is 34.8 Å². The van der Waals surface area contributed by atoms with Crippen LogP contribution in [0.25, 0.3) is 0 Å². The first-order chi connectivity index (χ1) is 9.02. The molecule has 0 amide bonds. The minimum atomic E-state index is -0.417. The minimum absolute atomic E-state index is 0.0316. The third kappa shape index (κ3) is 3.20. The van der Waals surface area contributed by atoms with E-state index in [1.54, 1.807) is 18.2 Å². The molecule has 0 fully saturated rings. The highest BCUT2D eigenvalue weighted by molar-refractivity contribution is 9.10. The SMILES string of the molecule is NCc1c(F)cccc1Oc1cc(Cl)c(Br)cc1Cl. The summed E-state index contributed by atoms with van der Waals surface area (Å²) < 4.78 is 19.8. The quantitative estimate of drug-likeness (QED) is 0.764. The van der Waals surface area contributed by atoms with E-state index in [1.165, 1.54) is 12.1 Å². The average Bonchev–Trinajstić information content (AvgIpc) is 2.36. The topological polar surface area (TPSA) is 35.2 Å². The van der Waals surface area contributed by atoms with Crippen molar-refractivity contribution in [3.05, 3.63) is 56.2 Å². The molecule has 0 unspecified atom stereocenters. The predicted molar refractivity (Wildman–Crippen MR) is 78.5 cm³/mol. The number of ether oxygens (including phenoxy) is 1. The van der Waals surface area contributed by atoms with Gasteiger partial charge in [0.05, 0.1) is 10.0 Å². The van der Waals surface area contributed by atoms with Gasteiger partial charge in [-0.05, 0) is 34.1 Å². The Hall–Kier alpha value is -0.810. The maximum Gasteiger partial charge on any atom is 0.147 e. The van der Waals surface area contributed by atoms with Crippen molar-refractivity contribution in [1.82, 2.24) is 0 Å². The van der Waals surface area contributed by atoms with E-state index in [-0.39, 0.29) is 12.1 Å². The largest absolute Gasteiger partial charge is 0.455 e. The first-order valence-electron chi connectivity index (χ1n) is 5.32. The highest BCUT2D eigenvalue weighted by atomic mass is 79.9. The molecule has 2 N–H and O–H groups in total. The molecule has 0 aromatic heterocycles. The summed E-state index contributed by atoms with van der Waals surface area (Å²) in [6.07, 6.45) is 0. The molecule has 0 aliphatic carbocycles. The van der Waals surface area contributed by atoms with Gasteiger partial charge in [0.1, 0.15) is 17.3 Å². The number of halogens is 4. The molecule has 0 radical (unpaired) electrons. The molecular weight excluding hydrogens is 356 g/mol. The fourth-order valence-corrected chi connectivity index (χ4v) is 2.36. The second-order valence-electron chi connectivity index (χ2n) is 3.72. The lowest BCUT2D eigenvalue weighted by Gasteiger charge is -2.12. The third-order valence-corrected chi connectivity index (χ3v) is 3.97. The zero-order chi connectivity index (χ0) is 14.0. The molecule has 0 saturated heterocycles. The molecule has 0 aliphatic rings. The van der Waals surface area contributed by atoms with Gasteiger partial charge in [-0.25, -0.2) is 4.39 Å². The molecule has 2 nitrogen and oxygen atoms in total. The van der Waals surface area contributed by atoms with Crippen LogP contribution in [0.2, 0.25) is 10.0 Å². The number of rotatable bonds is 3. The second kappa shape index (κ2) is 6.09. The van der Waals surface area contributed by atoms with Gasteiger partial charge in [0.15, 0.2) is 0 Å². The highest BCUT2D eigenvalue weighted by Crippen LogP contribution is 2.37. The maximum absolute atomic E-state index is 13.6.